The van der Waals surface area contributed by atoms with E-state index in [1.165, 1.54) is 18.4 Å². The number of furan rings is 1. The van der Waals surface area contributed by atoms with Gasteiger partial charge in [-0.25, -0.2) is 9.18 Å². The Bertz CT molecular complexity index is 577. The van der Waals surface area contributed by atoms with Crippen LogP contribution in [0.5, 0.6) is 0 Å². The molecule has 2 N–H and O–H groups in total. The quantitative estimate of drug-likeness (QED) is 0.874. The SMILES string of the molecule is Cc1c(F)cccc1NCc1occc1C(=O)O. The molecular weight excluding hydrogens is 237 g/mol. The lowest BCUT2D eigenvalue weighted by Crippen LogP contribution is -2.06. The highest BCUT2D eigenvalue weighted by molar-refractivity contribution is 5.88. The summed E-state index contributed by atoms with van der Waals surface area (Å²) in [5.74, 6) is -1.04. The molecule has 0 saturated heterocycles. The largest absolute Gasteiger partial charge is 0.478 e. The molecule has 0 fully saturated rings. The Morgan fingerprint density at radius 3 is 2.94 bits per heavy atom. The molecule has 5 heteroatoms. The van der Waals surface area contributed by atoms with Crippen molar-refractivity contribution in [2.24, 2.45) is 0 Å². The zero-order valence-electron chi connectivity index (χ0n) is 9.74. The lowest BCUT2D eigenvalue weighted by atomic mass is 10.2. The van der Waals surface area contributed by atoms with Crippen molar-refractivity contribution < 1.29 is 18.7 Å². The summed E-state index contributed by atoms with van der Waals surface area (Å²) in [7, 11) is 0. The van der Waals surface area contributed by atoms with Crippen LogP contribution in [0.2, 0.25) is 0 Å². The van der Waals surface area contributed by atoms with Gasteiger partial charge in [0.05, 0.1) is 12.8 Å². The van der Waals surface area contributed by atoms with Gasteiger partial charge in [0.2, 0.25) is 0 Å². The number of carbonyl (C=O) groups is 1. The minimum Gasteiger partial charge on any atom is -0.478 e. The molecule has 18 heavy (non-hydrogen) atoms. The van der Waals surface area contributed by atoms with Gasteiger partial charge >= 0.3 is 5.97 Å². The number of benzene rings is 1. The third-order valence-electron chi connectivity index (χ3n) is 2.68. The molecule has 2 rings (SSSR count). The molecule has 0 aliphatic heterocycles. The van der Waals surface area contributed by atoms with Crippen molar-refractivity contribution in [3.05, 3.63) is 53.2 Å². The molecule has 4 nitrogen and oxygen atoms in total. The third-order valence-corrected chi connectivity index (χ3v) is 2.68. The van der Waals surface area contributed by atoms with Crippen LogP contribution in [0.25, 0.3) is 0 Å². The summed E-state index contributed by atoms with van der Waals surface area (Å²) < 4.78 is 18.4. The summed E-state index contributed by atoms with van der Waals surface area (Å²) in [5.41, 5.74) is 1.21. The van der Waals surface area contributed by atoms with Crippen LogP contribution in [-0.4, -0.2) is 11.1 Å². The molecule has 1 heterocycles. The molecule has 0 aliphatic carbocycles. The fraction of sp³-hybridized carbons (Fsp3) is 0.154. The van der Waals surface area contributed by atoms with E-state index in [1.54, 1.807) is 19.1 Å². The highest BCUT2D eigenvalue weighted by Crippen LogP contribution is 2.19. The van der Waals surface area contributed by atoms with Crippen molar-refractivity contribution in [3.8, 4) is 0 Å². The van der Waals surface area contributed by atoms with E-state index in [0.717, 1.165) is 0 Å². The molecule has 0 atom stereocenters. The standard InChI is InChI=1S/C13H12FNO3/c1-8-10(14)3-2-4-11(8)15-7-12-9(13(16)17)5-6-18-12/h2-6,15H,7H2,1H3,(H,16,17). The van der Waals surface area contributed by atoms with Gasteiger partial charge in [0.25, 0.3) is 0 Å². The van der Waals surface area contributed by atoms with E-state index >= 15 is 0 Å². The van der Waals surface area contributed by atoms with Gasteiger partial charge < -0.3 is 14.8 Å². The fourth-order valence-electron chi connectivity index (χ4n) is 1.64. The first-order chi connectivity index (χ1) is 8.59. The normalized spacial score (nSPS) is 10.3. The second-order valence-corrected chi connectivity index (χ2v) is 3.83. The van der Waals surface area contributed by atoms with Gasteiger partial charge in [-0.15, -0.1) is 0 Å². The van der Waals surface area contributed by atoms with Crippen LogP contribution in [0, 0.1) is 12.7 Å². The van der Waals surface area contributed by atoms with Gasteiger partial charge in [-0.2, -0.15) is 0 Å². The van der Waals surface area contributed by atoms with Gasteiger partial charge in [0, 0.05) is 11.3 Å². The molecule has 1 aromatic heterocycles. The van der Waals surface area contributed by atoms with E-state index in [2.05, 4.69) is 5.32 Å². The van der Waals surface area contributed by atoms with Crippen molar-refractivity contribution in [1.82, 2.24) is 0 Å². The predicted octanol–water partition coefficient (Wildman–Crippen LogP) is 3.04. The maximum absolute atomic E-state index is 13.3. The number of halogens is 1. The summed E-state index contributed by atoms with van der Waals surface area (Å²) in [6.45, 7) is 1.84. The van der Waals surface area contributed by atoms with Crippen LogP contribution in [0.1, 0.15) is 21.7 Å². The van der Waals surface area contributed by atoms with E-state index < -0.39 is 5.97 Å². The molecule has 0 radical (unpaired) electrons. The van der Waals surface area contributed by atoms with Crippen LogP contribution >= 0.6 is 0 Å². The number of carboxylic acid groups (broad SMARTS) is 1. The van der Waals surface area contributed by atoms with Crippen molar-refractivity contribution in [2.45, 2.75) is 13.5 Å². The molecule has 0 bridgehead atoms. The minimum atomic E-state index is -1.04. The molecule has 1 aromatic carbocycles. The van der Waals surface area contributed by atoms with Gasteiger partial charge in [-0.3, -0.25) is 0 Å². The Morgan fingerprint density at radius 1 is 1.44 bits per heavy atom. The first-order valence-electron chi connectivity index (χ1n) is 5.38. The lowest BCUT2D eigenvalue weighted by molar-refractivity contribution is 0.0694. The minimum absolute atomic E-state index is 0.108. The number of aromatic carboxylic acids is 1. The van der Waals surface area contributed by atoms with Crippen molar-refractivity contribution in [1.29, 1.82) is 0 Å². The molecule has 0 saturated carbocycles. The summed E-state index contributed by atoms with van der Waals surface area (Å²) in [6.07, 6.45) is 1.32. The molecule has 2 aromatic rings. The summed E-state index contributed by atoms with van der Waals surface area (Å²) >= 11 is 0. The lowest BCUT2D eigenvalue weighted by Gasteiger charge is -2.09. The summed E-state index contributed by atoms with van der Waals surface area (Å²) in [5, 5.41) is 11.9. The van der Waals surface area contributed by atoms with E-state index in [4.69, 9.17) is 9.52 Å². The van der Waals surface area contributed by atoms with Crippen LogP contribution < -0.4 is 5.32 Å². The van der Waals surface area contributed by atoms with Gasteiger partial charge in [-0.05, 0) is 25.1 Å². The Labute approximate surface area is 103 Å². The average molecular weight is 249 g/mol. The van der Waals surface area contributed by atoms with E-state index in [0.29, 0.717) is 17.0 Å². The molecule has 0 amide bonds. The number of carboxylic acids is 1. The maximum atomic E-state index is 13.3. The van der Waals surface area contributed by atoms with Crippen LogP contribution in [0.15, 0.2) is 34.9 Å². The van der Waals surface area contributed by atoms with Gasteiger partial charge in [-0.1, -0.05) is 6.07 Å². The highest BCUT2D eigenvalue weighted by Gasteiger charge is 2.13. The maximum Gasteiger partial charge on any atom is 0.339 e. The van der Waals surface area contributed by atoms with Crippen LogP contribution in [0.4, 0.5) is 10.1 Å². The molecular formula is C13H12FNO3. The van der Waals surface area contributed by atoms with Crippen molar-refractivity contribution in [2.75, 3.05) is 5.32 Å². The zero-order valence-corrected chi connectivity index (χ0v) is 9.74. The summed E-state index contributed by atoms with van der Waals surface area (Å²) in [6, 6.07) is 6.07. The smallest absolute Gasteiger partial charge is 0.339 e. The molecule has 0 spiro atoms. The van der Waals surface area contributed by atoms with Gasteiger partial charge in [0.1, 0.15) is 17.1 Å². The molecule has 94 valence electrons. The number of anilines is 1. The van der Waals surface area contributed by atoms with Crippen molar-refractivity contribution in [3.63, 3.8) is 0 Å². The molecule has 0 unspecified atom stereocenters. The second kappa shape index (κ2) is 4.91. The van der Waals surface area contributed by atoms with Crippen molar-refractivity contribution >= 4 is 11.7 Å². The monoisotopic (exact) mass is 249 g/mol. The van der Waals surface area contributed by atoms with E-state index in [1.807, 2.05) is 0 Å². The zero-order chi connectivity index (χ0) is 13.1. The second-order valence-electron chi connectivity index (χ2n) is 3.83. The Morgan fingerprint density at radius 2 is 2.22 bits per heavy atom. The first kappa shape index (κ1) is 12.2. The third kappa shape index (κ3) is 2.34. The van der Waals surface area contributed by atoms with E-state index in [-0.39, 0.29) is 17.9 Å². The number of hydrogen-bond acceptors (Lipinski definition) is 3. The highest BCUT2D eigenvalue weighted by atomic mass is 19.1. The Balaban J connectivity index is 2.14. The Kier molecular flexibility index (Phi) is 3.32. The molecule has 0 aliphatic rings. The number of nitrogens with one attached hydrogen (secondary N) is 1. The first-order valence-corrected chi connectivity index (χ1v) is 5.38. The topological polar surface area (TPSA) is 62.5 Å². The predicted molar refractivity (Wildman–Crippen MR) is 64.1 cm³/mol. The number of hydrogen-bond donors (Lipinski definition) is 2. The average Bonchev–Trinajstić information content (AvgIpc) is 2.79. The van der Waals surface area contributed by atoms with Gasteiger partial charge in [0.15, 0.2) is 0 Å². The Hall–Kier alpha value is -2.30. The number of rotatable bonds is 4. The van der Waals surface area contributed by atoms with E-state index in [9.17, 15) is 9.18 Å². The van der Waals surface area contributed by atoms with Crippen LogP contribution in [-0.2, 0) is 6.54 Å². The fourth-order valence-corrected chi connectivity index (χ4v) is 1.64. The van der Waals surface area contributed by atoms with Crippen LogP contribution in [0.3, 0.4) is 0 Å². The summed E-state index contributed by atoms with van der Waals surface area (Å²) in [4.78, 5) is 10.9.